The third-order valence-corrected chi connectivity index (χ3v) is 3.78. The Bertz CT molecular complexity index is 312. The first-order chi connectivity index (χ1) is 11.2. The molecule has 0 rings (SSSR count). The molecule has 23 heavy (non-hydrogen) atoms. The molecule has 0 heterocycles. The van der Waals surface area contributed by atoms with Gasteiger partial charge in [-0.15, -0.1) is 4.33 Å². The van der Waals surface area contributed by atoms with Gasteiger partial charge in [0.05, 0.1) is 31.7 Å². The Balaban J connectivity index is 4.11. The van der Waals surface area contributed by atoms with E-state index >= 15 is 0 Å². The van der Waals surface area contributed by atoms with Crippen molar-refractivity contribution in [1.82, 2.24) is 0 Å². The van der Waals surface area contributed by atoms with Crippen molar-refractivity contribution >= 4 is 24.0 Å². The van der Waals surface area contributed by atoms with E-state index in [9.17, 15) is 9.59 Å². The van der Waals surface area contributed by atoms with Crippen LogP contribution in [0.15, 0.2) is 0 Å². The lowest BCUT2D eigenvalue weighted by molar-refractivity contribution is -0.432. The average Bonchev–Trinajstić information content (AvgIpc) is 2.55. The summed E-state index contributed by atoms with van der Waals surface area (Å²) in [6, 6.07) is 0. The van der Waals surface area contributed by atoms with Gasteiger partial charge in [0.15, 0.2) is 0 Å². The average molecular weight is 352 g/mol. The standard InChI is InChI=1S/C15H28O7S/c1-3-5-7-9-11-20-15(17)13(23-22-21-18)12-14(16)19-10-8-6-4-2/h13,18H,3-12H2,1-2H3. The van der Waals surface area contributed by atoms with Crippen molar-refractivity contribution in [3.63, 3.8) is 0 Å². The van der Waals surface area contributed by atoms with Gasteiger partial charge in [-0.1, -0.05) is 51.0 Å². The molecule has 0 saturated carbocycles. The van der Waals surface area contributed by atoms with Crippen molar-refractivity contribution in [2.45, 2.75) is 70.5 Å². The molecule has 1 N–H and O–H groups in total. The molecule has 7 nitrogen and oxygen atoms in total. The van der Waals surface area contributed by atoms with Gasteiger partial charge in [0, 0.05) is 0 Å². The molecule has 0 aliphatic rings. The molecule has 0 bridgehead atoms. The molecule has 0 spiro atoms. The number of esters is 2. The van der Waals surface area contributed by atoms with E-state index in [2.05, 4.69) is 23.2 Å². The first-order valence-electron chi connectivity index (χ1n) is 8.11. The van der Waals surface area contributed by atoms with E-state index in [1.54, 1.807) is 0 Å². The maximum absolute atomic E-state index is 11.9. The summed E-state index contributed by atoms with van der Waals surface area (Å²) in [6.45, 7) is 4.77. The lowest BCUT2D eigenvalue weighted by Crippen LogP contribution is -2.25. The fourth-order valence-corrected chi connectivity index (χ4v) is 2.25. The molecule has 0 aromatic rings. The third kappa shape index (κ3) is 13.3. The van der Waals surface area contributed by atoms with E-state index in [4.69, 9.17) is 14.7 Å². The molecule has 0 aromatic heterocycles. The van der Waals surface area contributed by atoms with Crippen molar-refractivity contribution in [3.05, 3.63) is 0 Å². The lowest BCUT2D eigenvalue weighted by Gasteiger charge is -2.13. The molecule has 0 aliphatic heterocycles. The van der Waals surface area contributed by atoms with Crippen molar-refractivity contribution in [2.75, 3.05) is 13.2 Å². The third-order valence-electron chi connectivity index (χ3n) is 3.05. The highest BCUT2D eigenvalue weighted by Gasteiger charge is 2.26. The van der Waals surface area contributed by atoms with Crippen LogP contribution in [0.2, 0.25) is 0 Å². The number of carbonyl (C=O) groups excluding carboxylic acids is 2. The highest BCUT2D eigenvalue weighted by molar-refractivity contribution is 7.95. The van der Waals surface area contributed by atoms with Crippen molar-refractivity contribution < 1.29 is 33.7 Å². The van der Waals surface area contributed by atoms with E-state index in [1.165, 1.54) is 0 Å². The molecule has 1 unspecified atom stereocenters. The number of unbranched alkanes of at least 4 members (excludes halogenated alkanes) is 5. The lowest BCUT2D eigenvalue weighted by atomic mass is 10.2. The topological polar surface area (TPSA) is 91.3 Å². The Morgan fingerprint density at radius 1 is 0.957 bits per heavy atom. The smallest absolute Gasteiger partial charge is 0.322 e. The van der Waals surface area contributed by atoms with E-state index in [0.29, 0.717) is 25.3 Å². The second-order valence-electron chi connectivity index (χ2n) is 5.09. The predicted octanol–water partition coefficient (Wildman–Crippen LogP) is 3.67. The zero-order valence-electron chi connectivity index (χ0n) is 14.0. The maximum Gasteiger partial charge on any atom is 0.322 e. The van der Waals surface area contributed by atoms with Gasteiger partial charge < -0.3 is 9.47 Å². The maximum atomic E-state index is 11.9. The van der Waals surface area contributed by atoms with Crippen LogP contribution in [0.1, 0.15) is 65.2 Å². The normalized spacial score (nSPS) is 12.0. The summed E-state index contributed by atoms with van der Waals surface area (Å²) in [7, 11) is 0. The largest absolute Gasteiger partial charge is 0.466 e. The molecule has 0 aliphatic carbocycles. The van der Waals surface area contributed by atoms with E-state index in [-0.39, 0.29) is 6.42 Å². The number of ether oxygens (including phenoxy) is 2. The van der Waals surface area contributed by atoms with Crippen molar-refractivity contribution in [1.29, 1.82) is 0 Å². The van der Waals surface area contributed by atoms with Gasteiger partial charge >= 0.3 is 11.9 Å². The Morgan fingerprint density at radius 3 is 2.22 bits per heavy atom. The quantitative estimate of drug-likeness (QED) is 0.157. The van der Waals surface area contributed by atoms with Crippen LogP contribution in [0.5, 0.6) is 0 Å². The number of carbonyl (C=O) groups is 2. The van der Waals surface area contributed by atoms with Gasteiger partial charge in [0.2, 0.25) is 0 Å². The highest BCUT2D eigenvalue weighted by Crippen LogP contribution is 2.19. The molecule has 0 saturated heterocycles. The highest BCUT2D eigenvalue weighted by atomic mass is 32.2. The van der Waals surface area contributed by atoms with Crippen LogP contribution in [0.4, 0.5) is 0 Å². The van der Waals surface area contributed by atoms with Crippen LogP contribution in [-0.4, -0.2) is 35.7 Å². The van der Waals surface area contributed by atoms with Gasteiger partial charge in [-0.2, -0.15) is 0 Å². The Labute approximate surface area is 142 Å². The monoisotopic (exact) mass is 352 g/mol. The summed E-state index contributed by atoms with van der Waals surface area (Å²) in [6.07, 6.45) is 6.53. The second-order valence-corrected chi connectivity index (χ2v) is 5.98. The van der Waals surface area contributed by atoms with Gasteiger partial charge in [-0.05, 0) is 12.8 Å². The Kier molecular flexibility index (Phi) is 15.5. The predicted molar refractivity (Wildman–Crippen MR) is 86.4 cm³/mol. The van der Waals surface area contributed by atoms with Crippen LogP contribution in [0.25, 0.3) is 0 Å². The zero-order valence-corrected chi connectivity index (χ0v) is 14.8. The van der Waals surface area contributed by atoms with Crippen molar-refractivity contribution in [2.24, 2.45) is 0 Å². The summed E-state index contributed by atoms with van der Waals surface area (Å²) < 4.78 is 14.4. The molecular formula is C15H28O7S. The van der Waals surface area contributed by atoms with Crippen LogP contribution in [0, 0.1) is 0 Å². The van der Waals surface area contributed by atoms with E-state index in [1.807, 2.05) is 0 Å². The molecule has 0 aromatic carbocycles. The molecule has 136 valence electrons. The van der Waals surface area contributed by atoms with E-state index < -0.39 is 17.2 Å². The first-order valence-corrected chi connectivity index (χ1v) is 8.91. The van der Waals surface area contributed by atoms with Crippen molar-refractivity contribution in [3.8, 4) is 0 Å². The summed E-state index contributed by atoms with van der Waals surface area (Å²) in [5.41, 5.74) is 0. The molecule has 0 fully saturated rings. The molecular weight excluding hydrogens is 324 g/mol. The van der Waals surface area contributed by atoms with E-state index in [0.717, 1.165) is 44.9 Å². The fourth-order valence-electron chi connectivity index (χ4n) is 1.76. The molecule has 0 radical (unpaired) electrons. The first kappa shape index (κ1) is 22.2. The zero-order chi connectivity index (χ0) is 17.3. The number of rotatable bonds is 15. The molecule has 8 heteroatoms. The number of hydrogen-bond donors (Lipinski definition) is 1. The van der Waals surface area contributed by atoms with Gasteiger partial charge in [-0.3, -0.25) is 9.59 Å². The molecule has 0 amide bonds. The summed E-state index contributed by atoms with van der Waals surface area (Å²) in [4.78, 5) is 23.6. The van der Waals surface area contributed by atoms with Gasteiger partial charge in [0.1, 0.15) is 5.25 Å². The van der Waals surface area contributed by atoms with Gasteiger partial charge in [-0.25, -0.2) is 5.26 Å². The Hall–Kier alpha value is -0.830. The van der Waals surface area contributed by atoms with Crippen LogP contribution in [-0.2, 0) is 28.4 Å². The van der Waals surface area contributed by atoms with Crippen LogP contribution >= 0.6 is 12.0 Å². The summed E-state index contributed by atoms with van der Waals surface area (Å²) >= 11 is 0.522. The minimum Gasteiger partial charge on any atom is -0.466 e. The van der Waals surface area contributed by atoms with Gasteiger partial charge in [0.25, 0.3) is 0 Å². The minimum absolute atomic E-state index is 0.200. The minimum atomic E-state index is -0.938. The fraction of sp³-hybridized carbons (Fsp3) is 0.867. The molecule has 1 atom stereocenters. The SMILES string of the molecule is CCCCCCOC(=O)C(CC(=O)OCCCCC)SOOO. The summed E-state index contributed by atoms with van der Waals surface area (Å²) in [5.74, 6) is -1.10. The number of hydrogen-bond acceptors (Lipinski definition) is 8. The van der Waals surface area contributed by atoms with Crippen LogP contribution in [0.3, 0.4) is 0 Å². The Morgan fingerprint density at radius 2 is 1.57 bits per heavy atom. The van der Waals surface area contributed by atoms with Crippen LogP contribution < -0.4 is 0 Å². The second kappa shape index (κ2) is 16.0. The summed E-state index contributed by atoms with van der Waals surface area (Å²) in [5, 5.41) is 10.7.